The van der Waals surface area contributed by atoms with E-state index in [2.05, 4.69) is 25.9 Å². The Balaban J connectivity index is 2.84. The highest BCUT2D eigenvalue weighted by atomic mass is 16.6. The Morgan fingerprint density at radius 1 is 1.42 bits per heavy atom. The number of carbonyl (C=O) groups is 1. The number of anilines is 2. The summed E-state index contributed by atoms with van der Waals surface area (Å²) in [6.07, 6.45) is 1.18. The summed E-state index contributed by atoms with van der Waals surface area (Å²) in [6, 6.07) is 0.00237. The van der Waals surface area contributed by atoms with Crippen molar-refractivity contribution in [1.29, 1.82) is 0 Å². The van der Waals surface area contributed by atoms with Gasteiger partial charge in [-0.1, -0.05) is 0 Å². The zero-order valence-corrected chi connectivity index (χ0v) is 10.9. The van der Waals surface area contributed by atoms with E-state index in [1.165, 1.54) is 13.4 Å². The van der Waals surface area contributed by atoms with Gasteiger partial charge in [0.15, 0.2) is 0 Å². The maximum atomic E-state index is 11.5. The average Bonchev–Trinajstić information content (AvgIpc) is 2.34. The minimum atomic E-state index is -0.603. The molecule has 0 saturated heterocycles. The highest BCUT2D eigenvalue weighted by Crippen LogP contribution is 2.27. The van der Waals surface area contributed by atoms with E-state index in [0.717, 1.165) is 0 Å². The molecule has 0 aliphatic heterocycles. The zero-order valence-electron chi connectivity index (χ0n) is 10.9. The van der Waals surface area contributed by atoms with Crippen LogP contribution in [0.3, 0.4) is 0 Å². The van der Waals surface area contributed by atoms with Crippen molar-refractivity contribution >= 4 is 23.2 Å². The molecular weight excluding hydrogens is 252 g/mol. The first-order chi connectivity index (χ1) is 8.95. The summed E-state index contributed by atoms with van der Waals surface area (Å²) in [5, 5.41) is 18.9. The summed E-state index contributed by atoms with van der Waals surface area (Å²) in [5.74, 6) is -0.177. The van der Waals surface area contributed by atoms with Crippen LogP contribution in [0.2, 0.25) is 0 Å². The lowest BCUT2D eigenvalue weighted by Crippen LogP contribution is -2.35. The largest absolute Gasteiger partial charge is 0.367 e. The summed E-state index contributed by atoms with van der Waals surface area (Å²) in [6.45, 7) is 3.55. The number of aromatic nitrogens is 2. The molecule has 0 atom stereocenters. The third-order valence-corrected chi connectivity index (χ3v) is 2.11. The fraction of sp³-hybridized carbons (Fsp3) is 0.500. The van der Waals surface area contributed by atoms with Crippen molar-refractivity contribution < 1.29 is 9.72 Å². The quantitative estimate of drug-likeness (QED) is 0.503. The summed E-state index contributed by atoms with van der Waals surface area (Å²) in [5.41, 5.74) is -0.289. The van der Waals surface area contributed by atoms with Crippen LogP contribution in [0.15, 0.2) is 6.33 Å². The van der Waals surface area contributed by atoms with Gasteiger partial charge in [-0.05, 0) is 13.8 Å². The van der Waals surface area contributed by atoms with Crippen molar-refractivity contribution in [3.63, 3.8) is 0 Å². The molecular formula is C10H16N6O3. The summed E-state index contributed by atoms with van der Waals surface area (Å²) >= 11 is 0. The number of nitrogens with zero attached hydrogens (tertiary/aromatic N) is 3. The molecule has 1 amide bonds. The smallest absolute Gasteiger partial charge is 0.353 e. The Morgan fingerprint density at radius 2 is 2.05 bits per heavy atom. The van der Waals surface area contributed by atoms with E-state index in [1.807, 2.05) is 13.8 Å². The Morgan fingerprint density at radius 3 is 2.58 bits per heavy atom. The molecule has 1 aromatic rings. The molecule has 19 heavy (non-hydrogen) atoms. The lowest BCUT2D eigenvalue weighted by Gasteiger charge is -2.10. The number of nitro groups is 1. The van der Waals surface area contributed by atoms with Gasteiger partial charge in [0.1, 0.15) is 6.33 Å². The zero-order chi connectivity index (χ0) is 14.4. The molecule has 0 aliphatic carbocycles. The molecule has 1 aromatic heterocycles. The van der Waals surface area contributed by atoms with Gasteiger partial charge in [-0.15, -0.1) is 0 Å². The van der Waals surface area contributed by atoms with Crippen LogP contribution in [0, 0.1) is 10.1 Å². The lowest BCUT2D eigenvalue weighted by atomic mass is 10.4. The molecule has 0 saturated carbocycles. The van der Waals surface area contributed by atoms with Crippen molar-refractivity contribution in [3.8, 4) is 0 Å². The maximum absolute atomic E-state index is 11.5. The first-order valence-electron chi connectivity index (χ1n) is 5.66. The normalized spacial score (nSPS) is 10.1. The van der Waals surface area contributed by atoms with Crippen molar-refractivity contribution in [2.24, 2.45) is 0 Å². The fourth-order valence-corrected chi connectivity index (χ4v) is 1.40. The maximum Gasteiger partial charge on any atom is 0.353 e. The SMILES string of the molecule is CNc1ncnc(NCC(=O)NC(C)C)c1[N+](=O)[O-]. The van der Waals surface area contributed by atoms with Gasteiger partial charge in [0.05, 0.1) is 11.5 Å². The molecule has 9 nitrogen and oxygen atoms in total. The Kier molecular flexibility index (Phi) is 4.98. The average molecular weight is 268 g/mol. The van der Waals surface area contributed by atoms with Gasteiger partial charge in [-0.25, -0.2) is 9.97 Å². The van der Waals surface area contributed by atoms with Crippen LogP contribution in [0.5, 0.6) is 0 Å². The summed E-state index contributed by atoms with van der Waals surface area (Å²) < 4.78 is 0. The molecule has 0 unspecified atom stereocenters. The minimum Gasteiger partial charge on any atom is -0.367 e. The number of rotatable bonds is 6. The van der Waals surface area contributed by atoms with Crippen LogP contribution in [-0.4, -0.2) is 40.4 Å². The molecule has 3 N–H and O–H groups in total. The third-order valence-electron chi connectivity index (χ3n) is 2.11. The van der Waals surface area contributed by atoms with Crippen LogP contribution in [0.1, 0.15) is 13.8 Å². The predicted molar refractivity (Wildman–Crippen MR) is 70.0 cm³/mol. The first kappa shape index (κ1) is 14.6. The highest BCUT2D eigenvalue weighted by molar-refractivity contribution is 5.82. The lowest BCUT2D eigenvalue weighted by molar-refractivity contribution is -0.383. The molecule has 104 valence electrons. The second kappa shape index (κ2) is 6.47. The van der Waals surface area contributed by atoms with Crippen LogP contribution >= 0.6 is 0 Å². The Bertz CT molecular complexity index is 476. The molecule has 0 fully saturated rings. The van der Waals surface area contributed by atoms with E-state index in [-0.39, 0.29) is 35.8 Å². The number of carbonyl (C=O) groups excluding carboxylic acids is 1. The first-order valence-corrected chi connectivity index (χ1v) is 5.66. The van der Waals surface area contributed by atoms with E-state index >= 15 is 0 Å². The molecule has 0 radical (unpaired) electrons. The van der Waals surface area contributed by atoms with Gasteiger partial charge in [-0.2, -0.15) is 0 Å². The number of hydrogen-bond acceptors (Lipinski definition) is 7. The molecule has 0 aromatic carbocycles. The van der Waals surface area contributed by atoms with E-state index in [9.17, 15) is 14.9 Å². The molecule has 9 heteroatoms. The molecule has 0 aliphatic rings. The van der Waals surface area contributed by atoms with Gasteiger partial charge < -0.3 is 16.0 Å². The van der Waals surface area contributed by atoms with E-state index in [1.54, 1.807) is 0 Å². The van der Waals surface area contributed by atoms with Crippen LogP contribution in [0.4, 0.5) is 17.3 Å². The van der Waals surface area contributed by atoms with Crippen molar-refractivity contribution in [2.75, 3.05) is 24.2 Å². The standard InChI is InChI=1S/C10H16N6O3/c1-6(2)15-7(17)4-12-10-8(16(18)19)9(11-3)13-5-14-10/h5-6H,4H2,1-3H3,(H,15,17)(H2,11,12,13,14). The Hall–Kier alpha value is -2.45. The van der Waals surface area contributed by atoms with E-state index in [0.29, 0.717) is 0 Å². The van der Waals surface area contributed by atoms with Crippen LogP contribution in [-0.2, 0) is 4.79 Å². The monoisotopic (exact) mass is 268 g/mol. The van der Waals surface area contributed by atoms with E-state index in [4.69, 9.17) is 0 Å². The molecule has 1 rings (SSSR count). The van der Waals surface area contributed by atoms with Crippen LogP contribution in [0.25, 0.3) is 0 Å². The van der Waals surface area contributed by atoms with Crippen LogP contribution < -0.4 is 16.0 Å². The van der Waals surface area contributed by atoms with Gasteiger partial charge in [0.25, 0.3) is 0 Å². The second-order valence-corrected chi connectivity index (χ2v) is 4.00. The predicted octanol–water partition coefficient (Wildman–Crippen LogP) is 0.363. The van der Waals surface area contributed by atoms with Crippen molar-refractivity contribution in [2.45, 2.75) is 19.9 Å². The molecule has 0 bridgehead atoms. The van der Waals surface area contributed by atoms with Gasteiger partial charge in [0, 0.05) is 13.1 Å². The van der Waals surface area contributed by atoms with E-state index < -0.39 is 4.92 Å². The fourth-order valence-electron chi connectivity index (χ4n) is 1.40. The van der Waals surface area contributed by atoms with Gasteiger partial charge in [-0.3, -0.25) is 14.9 Å². The summed E-state index contributed by atoms with van der Waals surface area (Å²) in [4.78, 5) is 29.4. The third kappa shape index (κ3) is 4.05. The van der Waals surface area contributed by atoms with Gasteiger partial charge in [0.2, 0.25) is 17.5 Å². The van der Waals surface area contributed by atoms with Gasteiger partial charge >= 0.3 is 5.69 Å². The highest BCUT2D eigenvalue weighted by Gasteiger charge is 2.22. The van der Waals surface area contributed by atoms with Crippen molar-refractivity contribution in [3.05, 3.63) is 16.4 Å². The number of nitrogens with one attached hydrogen (secondary N) is 3. The second-order valence-electron chi connectivity index (χ2n) is 4.00. The summed E-state index contributed by atoms with van der Waals surface area (Å²) in [7, 11) is 1.52. The Labute approximate surface area is 110 Å². The number of hydrogen-bond donors (Lipinski definition) is 3. The molecule has 1 heterocycles. The molecule has 0 spiro atoms. The topological polar surface area (TPSA) is 122 Å². The number of amides is 1. The van der Waals surface area contributed by atoms with Crippen molar-refractivity contribution in [1.82, 2.24) is 15.3 Å². The minimum absolute atomic E-state index is 0.00237.